The van der Waals surface area contributed by atoms with Crippen LogP contribution in [0.25, 0.3) is 32.1 Å². The van der Waals surface area contributed by atoms with Crippen LogP contribution in [0, 0.1) is 34.3 Å². The van der Waals surface area contributed by atoms with Crippen molar-refractivity contribution in [2.75, 3.05) is 36.5 Å². The number of pyridine rings is 1. The summed E-state index contributed by atoms with van der Waals surface area (Å²) in [5, 5.41) is 34.4. The summed E-state index contributed by atoms with van der Waals surface area (Å²) in [4.78, 5) is 15.0. The van der Waals surface area contributed by atoms with E-state index in [4.69, 9.17) is 16.2 Å². The molecule has 6 N–H and O–H groups in total. The monoisotopic (exact) mass is 671 g/mol. The fourth-order valence-corrected chi connectivity index (χ4v) is 7.95. The first kappa shape index (κ1) is 31.2. The average molecular weight is 672 g/mol. The van der Waals surface area contributed by atoms with Gasteiger partial charge in [0.1, 0.15) is 52.6 Å². The number of hydrogen-bond acceptors (Lipinski definition) is 12. The van der Waals surface area contributed by atoms with Gasteiger partial charge in [-0.05, 0) is 37.1 Å². The smallest absolute Gasteiger partial charge is 0.319 e. The number of benzene rings is 2. The van der Waals surface area contributed by atoms with E-state index < -0.39 is 35.5 Å². The molecular formula is C33H28F3N9O2S. The molecule has 0 saturated carbocycles. The summed E-state index contributed by atoms with van der Waals surface area (Å²) in [6.45, 7) is 1.16. The average Bonchev–Trinajstić information content (AvgIpc) is 3.72. The molecule has 244 valence electrons. The number of alkyl halides is 1. The van der Waals surface area contributed by atoms with Gasteiger partial charge in [-0.1, -0.05) is 12.1 Å². The molecular weight excluding hydrogens is 643 g/mol. The largest absolute Gasteiger partial charge is 0.507 e. The molecule has 0 aliphatic carbocycles. The standard InChI is InChI=1S/C33H28F3N9O2S/c34-17-11-33(7-2-10-45(33)14-17)15-47-32-43-26-24(31(44-32)42-13-16-3-1-9-41-29(16)39)27(46)19(6-8-37)22(25(26)36)18-4-5-21(35)28-23(18)20(12-38)30(40)48-28/h1,3-5,9,17,46H,2,6-7,10-11,13-15,40H2,(H2,39,41)(H,42,43,44)/t17-,33+/m1/s1. The van der Waals surface area contributed by atoms with Gasteiger partial charge in [0.2, 0.25) is 0 Å². The molecule has 15 heteroatoms. The molecule has 2 aliphatic rings. The number of nitrogens with two attached hydrogens (primary N) is 2. The first-order chi connectivity index (χ1) is 23.2. The second-order valence-corrected chi connectivity index (χ2v) is 13.0. The predicted octanol–water partition coefficient (Wildman–Crippen LogP) is 5.56. The maximum absolute atomic E-state index is 17.1. The number of fused-ring (bicyclic) bond motifs is 3. The lowest BCUT2D eigenvalue weighted by Gasteiger charge is -2.30. The third-order valence-corrected chi connectivity index (χ3v) is 10.2. The van der Waals surface area contributed by atoms with Gasteiger partial charge in [0.15, 0.2) is 5.82 Å². The highest BCUT2D eigenvalue weighted by molar-refractivity contribution is 7.23. The lowest BCUT2D eigenvalue weighted by Crippen LogP contribution is -2.43. The number of hydrogen-bond donors (Lipinski definition) is 4. The van der Waals surface area contributed by atoms with E-state index in [1.54, 1.807) is 12.1 Å². The normalized spacial score (nSPS) is 19.0. The molecule has 0 unspecified atom stereocenters. The minimum atomic E-state index is -0.999. The SMILES string of the molecule is N#CCc1c(-c2ccc(F)c3sc(N)c(C#N)c23)c(F)c2nc(OC[C@@]34CCCN3C[C@H](F)C4)nc(NCc3cccnc3N)c2c1O. The number of nitrogens with one attached hydrogen (secondary N) is 1. The Morgan fingerprint density at radius 3 is 2.79 bits per heavy atom. The van der Waals surface area contributed by atoms with Crippen LogP contribution in [0.1, 0.15) is 36.0 Å². The topological polar surface area (TPSA) is 183 Å². The Kier molecular flexibility index (Phi) is 7.81. The van der Waals surface area contributed by atoms with E-state index in [0.29, 0.717) is 12.1 Å². The third kappa shape index (κ3) is 5.03. The number of nitriles is 2. The van der Waals surface area contributed by atoms with Gasteiger partial charge in [-0.2, -0.15) is 20.5 Å². The van der Waals surface area contributed by atoms with Crippen molar-refractivity contribution in [2.45, 2.75) is 43.9 Å². The molecule has 2 atom stereocenters. The molecule has 0 amide bonds. The van der Waals surface area contributed by atoms with Crippen molar-refractivity contribution in [3.63, 3.8) is 0 Å². The maximum atomic E-state index is 17.1. The van der Waals surface area contributed by atoms with E-state index in [9.17, 15) is 24.4 Å². The lowest BCUT2D eigenvalue weighted by atomic mass is 9.91. The summed E-state index contributed by atoms with van der Waals surface area (Å²) >= 11 is 0.837. The molecule has 7 rings (SSSR count). The lowest BCUT2D eigenvalue weighted by molar-refractivity contribution is 0.107. The number of phenolic OH excluding ortho intramolecular Hbond substituents is 1. The highest BCUT2D eigenvalue weighted by Crippen LogP contribution is 2.48. The molecule has 11 nitrogen and oxygen atoms in total. The van der Waals surface area contributed by atoms with E-state index >= 15 is 4.39 Å². The molecule has 48 heavy (non-hydrogen) atoms. The van der Waals surface area contributed by atoms with Crippen LogP contribution in [0.2, 0.25) is 0 Å². The van der Waals surface area contributed by atoms with Crippen LogP contribution in [0.3, 0.4) is 0 Å². The van der Waals surface area contributed by atoms with Crippen molar-refractivity contribution in [3.05, 3.63) is 58.8 Å². The zero-order chi connectivity index (χ0) is 33.7. The highest BCUT2D eigenvalue weighted by atomic mass is 32.1. The number of thiophene rings is 1. The van der Waals surface area contributed by atoms with Gasteiger partial charge >= 0.3 is 6.01 Å². The van der Waals surface area contributed by atoms with Crippen molar-refractivity contribution in [3.8, 4) is 35.0 Å². The van der Waals surface area contributed by atoms with Gasteiger partial charge in [0.05, 0.1) is 33.7 Å². The minimum absolute atomic E-state index is 0.0160. The predicted molar refractivity (Wildman–Crippen MR) is 175 cm³/mol. The second-order valence-electron chi connectivity index (χ2n) is 11.9. The Morgan fingerprint density at radius 2 is 2.02 bits per heavy atom. The number of halogens is 3. The fourth-order valence-electron chi connectivity index (χ4n) is 7.00. The molecule has 2 aromatic carbocycles. The number of phenols is 1. The quantitative estimate of drug-likeness (QED) is 0.162. The number of ether oxygens (including phenoxy) is 1. The van der Waals surface area contributed by atoms with Crippen molar-refractivity contribution >= 4 is 49.0 Å². The van der Waals surface area contributed by atoms with Crippen molar-refractivity contribution in [1.82, 2.24) is 19.9 Å². The Labute approximate surface area is 276 Å². The number of aromatic hydroxyl groups is 1. The zero-order valence-electron chi connectivity index (χ0n) is 25.4. The Balaban J connectivity index is 1.44. The number of aromatic nitrogens is 3. The molecule has 5 aromatic rings. The van der Waals surface area contributed by atoms with E-state index in [0.717, 1.165) is 36.8 Å². The van der Waals surface area contributed by atoms with Crippen molar-refractivity contribution in [1.29, 1.82) is 10.5 Å². The van der Waals surface area contributed by atoms with E-state index in [1.807, 2.05) is 12.1 Å². The van der Waals surface area contributed by atoms with Crippen LogP contribution in [-0.4, -0.2) is 56.4 Å². The van der Waals surface area contributed by atoms with Gasteiger partial charge in [0.25, 0.3) is 0 Å². The van der Waals surface area contributed by atoms with E-state index in [-0.39, 0.29) is 85.5 Å². The van der Waals surface area contributed by atoms with Crippen LogP contribution in [0.5, 0.6) is 11.8 Å². The zero-order valence-corrected chi connectivity index (χ0v) is 26.2. The summed E-state index contributed by atoms with van der Waals surface area (Å²) in [5.74, 6) is -1.89. The first-order valence-corrected chi connectivity index (χ1v) is 16.0. The first-order valence-electron chi connectivity index (χ1n) is 15.1. The van der Waals surface area contributed by atoms with Crippen LogP contribution in [0.15, 0.2) is 30.5 Å². The molecule has 5 heterocycles. The van der Waals surface area contributed by atoms with Crippen LogP contribution in [-0.2, 0) is 13.0 Å². The van der Waals surface area contributed by atoms with Crippen LogP contribution < -0.4 is 21.5 Å². The van der Waals surface area contributed by atoms with Gasteiger partial charge in [0, 0.05) is 47.8 Å². The number of nitrogen functional groups attached to an aromatic ring is 2. The fraction of sp³-hybridized carbons (Fsp3) is 0.303. The van der Waals surface area contributed by atoms with Crippen molar-refractivity contribution < 1.29 is 23.0 Å². The van der Waals surface area contributed by atoms with E-state index in [1.165, 1.54) is 12.3 Å². The molecule has 0 spiro atoms. The summed E-state index contributed by atoms with van der Waals surface area (Å²) in [6.07, 6.45) is 1.96. The number of anilines is 3. The third-order valence-electron chi connectivity index (χ3n) is 9.20. The van der Waals surface area contributed by atoms with Gasteiger partial charge < -0.3 is 26.6 Å². The van der Waals surface area contributed by atoms with Crippen LogP contribution in [0.4, 0.5) is 29.8 Å². The van der Waals surface area contributed by atoms with Crippen LogP contribution >= 0.6 is 11.3 Å². The van der Waals surface area contributed by atoms with Gasteiger partial charge in [-0.3, -0.25) is 4.90 Å². The molecule has 2 saturated heterocycles. The Bertz CT molecular complexity index is 2200. The molecule has 0 radical (unpaired) electrons. The summed E-state index contributed by atoms with van der Waals surface area (Å²) < 4.78 is 52.6. The van der Waals surface area contributed by atoms with Gasteiger partial charge in [-0.15, -0.1) is 11.3 Å². The Hall–Kier alpha value is -5.38. The summed E-state index contributed by atoms with van der Waals surface area (Å²) in [5.41, 5.74) is 11.4. The summed E-state index contributed by atoms with van der Waals surface area (Å²) in [6, 6.07) is 9.50. The van der Waals surface area contributed by atoms with E-state index in [2.05, 4.69) is 25.2 Å². The highest BCUT2D eigenvalue weighted by Gasteiger charge is 2.49. The molecule has 3 aromatic heterocycles. The summed E-state index contributed by atoms with van der Waals surface area (Å²) in [7, 11) is 0. The molecule has 0 bridgehead atoms. The Morgan fingerprint density at radius 1 is 1.19 bits per heavy atom. The molecule has 2 aliphatic heterocycles. The number of nitrogens with zero attached hydrogens (tertiary/aromatic N) is 6. The molecule has 2 fully saturated rings. The minimum Gasteiger partial charge on any atom is -0.507 e. The van der Waals surface area contributed by atoms with Crippen molar-refractivity contribution in [2.24, 2.45) is 0 Å². The second kappa shape index (κ2) is 12.0. The van der Waals surface area contributed by atoms with Gasteiger partial charge in [-0.25, -0.2) is 18.2 Å². The number of rotatable bonds is 8. The maximum Gasteiger partial charge on any atom is 0.319 e.